The van der Waals surface area contributed by atoms with Crippen LogP contribution in [0.2, 0.25) is 0 Å². The normalized spacial score (nSPS) is 16.3. The van der Waals surface area contributed by atoms with E-state index in [9.17, 15) is 36.3 Å². The lowest BCUT2D eigenvalue weighted by atomic mass is 10.1. The molecule has 196 valence electrons. The number of nitrogens with zero attached hydrogens (tertiary/aromatic N) is 2. The number of sulfonamides is 1. The number of carboxylic acid groups (broad SMARTS) is 1. The van der Waals surface area contributed by atoms with Gasteiger partial charge in [-0.15, -0.1) is 0 Å². The first-order valence-electron chi connectivity index (χ1n) is 10.9. The van der Waals surface area contributed by atoms with Gasteiger partial charge in [0.1, 0.15) is 18.4 Å². The van der Waals surface area contributed by atoms with Gasteiger partial charge in [-0.25, -0.2) is 8.42 Å². The van der Waals surface area contributed by atoms with E-state index in [-0.39, 0.29) is 44.9 Å². The summed E-state index contributed by atoms with van der Waals surface area (Å²) >= 11 is 0. The van der Waals surface area contributed by atoms with E-state index in [1.807, 2.05) is 0 Å². The fourth-order valence-corrected chi connectivity index (χ4v) is 4.50. The number of carbonyl (C=O) groups excluding carboxylic acids is 1. The molecule has 1 heterocycles. The molecule has 1 amide bonds. The predicted octanol–water partition coefficient (Wildman–Crippen LogP) is 2.04. The summed E-state index contributed by atoms with van der Waals surface area (Å²) in [6.45, 7) is 0.667. The smallest absolute Gasteiger partial charge is 0.416 e. The number of benzene rings is 2. The second-order valence-electron chi connectivity index (χ2n) is 8.27. The van der Waals surface area contributed by atoms with E-state index in [2.05, 4.69) is 5.32 Å². The van der Waals surface area contributed by atoms with Crippen molar-refractivity contribution in [2.24, 2.45) is 0 Å². The van der Waals surface area contributed by atoms with Crippen LogP contribution in [0, 0.1) is 0 Å². The third-order valence-corrected chi connectivity index (χ3v) is 7.03. The second kappa shape index (κ2) is 11.3. The first-order chi connectivity index (χ1) is 16.8. The maximum atomic E-state index is 12.6. The quantitative estimate of drug-likeness (QED) is 0.511. The minimum atomic E-state index is -4.41. The van der Waals surface area contributed by atoms with Gasteiger partial charge >= 0.3 is 12.1 Å². The molecule has 2 aromatic carbocycles. The lowest BCUT2D eigenvalue weighted by Crippen LogP contribution is -2.56. The molecule has 13 heteroatoms. The van der Waals surface area contributed by atoms with Crippen LogP contribution in [-0.2, 0) is 27.6 Å². The van der Waals surface area contributed by atoms with Gasteiger partial charge in [0, 0.05) is 38.3 Å². The predicted molar refractivity (Wildman–Crippen MR) is 124 cm³/mol. The molecule has 9 nitrogen and oxygen atoms in total. The maximum Gasteiger partial charge on any atom is 0.416 e. The van der Waals surface area contributed by atoms with E-state index in [0.717, 1.165) is 18.4 Å². The van der Waals surface area contributed by atoms with E-state index in [1.54, 1.807) is 4.90 Å². The van der Waals surface area contributed by atoms with Crippen LogP contribution in [0.5, 0.6) is 5.75 Å². The summed E-state index contributed by atoms with van der Waals surface area (Å²) < 4.78 is 68.0. The molecule has 1 unspecified atom stereocenters. The summed E-state index contributed by atoms with van der Waals surface area (Å²) in [5, 5.41) is 12.2. The number of halogens is 3. The van der Waals surface area contributed by atoms with E-state index in [0.29, 0.717) is 11.3 Å². The van der Waals surface area contributed by atoms with Crippen molar-refractivity contribution in [3.8, 4) is 5.75 Å². The van der Waals surface area contributed by atoms with Crippen molar-refractivity contribution < 1.29 is 41.0 Å². The average Bonchev–Trinajstić information content (AvgIpc) is 2.82. The molecule has 1 saturated heterocycles. The topological polar surface area (TPSA) is 116 Å². The lowest BCUT2D eigenvalue weighted by molar-refractivity contribution is -0.143. The molecule has 36 heavy (non-hydrogen) atoms. The Labute approximate surface area is 206 Å². The molecule has 1 fully saturated rings. The summed E-state index contributed by atoms with van der Waals surface area (Å²) in [7, 11) is -3.35. The molecule has 2 N–H and O–H groups in total. The van der Waals surface area contributed by atoms with E-state index in [1.165, 1.54) is 40.7 Å². The molecule has 0 aliphatic carbocycles. The number of carboxylic acids is 1. The van der Waals surface area contributed by atoms with Gasteiger partial charge in [-0.2, -0.15) is 17.5 Å². The van der Waals surface area contributed by atoms with Crippen LogP contribution < -0.4 is 10.1 Å². The molecule has 0 saturated carbocycles. The fraction of sp³-hybridized carbons (Fsp3) is 0.391. The largest absolute Gasteiger partial charge is 0.489 e. The minimum Gasteiger partial charge on any atom is -0.489 e. The molecule has 3 rings (SSSR count). The van der Waals surface area contributed by atoms with Gasteiger partial charge in [-0.1, -0.05) is 12.1 Å². The van der Waals surface area contributed by atoms with Crippen LogP contribution in [0.15, 0.2) is 48.5 Å². The molecule has 0 aromatic heterocycles. The summed E-state index contributed by atoms with van der Waals surface area (Å²) in [6.07, 6.45) is -3.31. The van der Waals surface area contributed by atoms with Crippen molar-refractivity contribution in [3.63, 3.8) is 0 Å². The number of piperazine rings is 1. The summed E-state index contributed by atoms with van der Waals surface area (Å²) in [5.41, 5.74) is 0.0627. The third-order valence-electron chi connectivity index (χ3n) is 5.73. The summed E-state index contributed by atoms with van der Waals surface area (Å²) in [6, 6.07) is 9.60. The van der Waals surface area contributed by atoms with Crippen molar-refractivity contribution in [3.05, 3.63) is 65.2 Å². The highest BCUT2D eigenvalue weighted by Gasteiger charge is 2.32. The van der Waals surface area contributed by atoms with Gasteiger partial charge in [0.2, 0.25) is 10.0 Å². The highest BCUT2D eigenvalue weighted by molar-refractivity contribution is 7.88. The third kappa shape index (κ3) is 7.42. The van der Waals surface area contributed by atoms with Crippen LogP contribution >= 0.6 is 0 Å². The van der Waals surface area contributed by atoms with Crippen LogP contribution in [0.3, 0.4) is 0 Å². The van der Waals surface area contributed by atoms with E-state index >= 15 is 0 Å². The molecular formula is C23H26F3N3O6S. The number of ether oxygens (including phenoxy) is 1. The zero-order valence-electron chi connectivity index (χ0n) is 19.4. The SMILES string of the molecule is CS(=O)(=O)N1CCN(C(CNC(=O)c2ccc(OCc3ccc(C(F)(F)F)cc3)cc2)C(=O)O)CC1. The number of carbonyl (C=O) groups is 2. The number of rotatable bonds is 9. The Balaban J connectivity index is 1.50. The number of alkyl halides is 3. The Bertz CT molecular complexity index is 1160. The zero-order valence-corrected chi connectivity index (χ0v) is 20.2. The monoisotopic (exact) mass is 529 g/mol. The Kier molecular flexibility index (Phi) is 8.59. The van der Waals surface area contributed by atoms with Gasteiger partial charge in [0.25, 0.3) is 5.91 Å². The highest BCUT2D eigenvalue weighted by Crippen LogP contribution is 2.29. The van der Waals surface area contributed by atoms with Gasteiger partial charge < -0.3 is 15.2 Å². The highest BCUT2D eigenvalue weighted by atomic mass is 32.2. The van der Waals surface area contributed by atoms with Crippen LogP contribution in [0.25, 0.3) is 0 Å². The van der Waals surface area contributed by atoms with Gasteiger partial charge in [0.15, 0.2) is 0 Å². The maximum absolute atomic E-state index is 12.6. The van der Waals surface area contributed by atoms with Gasteiger partial charge in [-0.3, -0.25) is 14.5 Å². The number of nitrogens with one attached hydrogen (secondary N) is 1. The number of hydrogen-bond acceptors (Lipinski definition) is 6. The van der Waals surface area contributed by atoms with Crippen molar-refractivity contribution in [2.45, 2.75) is 18.8 Å². The second-order valence-corrected chi connectivity index (χ2v) is 10.3. The molecule has 1 aliphatic heterocycles. The average molecular weight is 530 g/mol. The van der Waals surface area contributed by atoms with Crippen LogP contribution in [0.1, 0.15) is 21.5 Å². The molecule has 1 atom stereocenters. The number of amides is 1. The van der Waals surface area contributed by atoms with Crippen molar-refractivity contribution in [1.82, 2.24) is 14.5 Å². The minimum absolute atomic E-state index is 0.0383. The van der Waals surface area contributed by atoms with E-state index in [4.69, 9.17) is 4.74 Å². The van der Waals surface area contributed by atoms with Crippen LogP contribution in [0.4, 0.5) is 13.2 Å². The Hall–Kier alpha value is -3.16. The van der Waals surface area contributed by atoms with E-state index < -0.39 is 39.7 Å². The van der Waals surface area contributed by atoms with Crippen molar-refractivity contribution >= 4 is 21.9 Å². The van der Waals surface area contributed by atoms with Gasteiger partial charge in [0.05, 0.1) is 11.8 Å². The number of hydrogen-bond donors (Lipinski definition) is 2. The lowest BCUT2D eigenvalue weighted by Gasteiger charge is -2.36. The summed E-state index contributed by atoms with van der Waals surface area (Å²) in [5.74, 6) is -1.22. The van der Waals surface area contributed by atoms with Crippen molar-refractivity contribution in [1.29, 1.82) is 0 Å². The molecular weight excluding hydrogens is 503 g/mol. The summed E-state index contributed by atoms with van der Waals surface area (Å²) in [4.78, 5) is 25.8. The van der Waals surface area contributed by atoms with Crippen molar-refractivity contribution in [2.75, 3.05) is 39.0 Å². The standard InChI is InChI=1S/C23H26F3N3O6S/c1-36(33,34)29-12-10-28(11-13-29)20(22(31)32)14-27-21(30)17-4-8-19(9-5-17)35-15-16-2-6-18(7-3-16)23(24,25)26/h2-9,20H,10-15H2,1H3,(H,27,30)(H,31,32). The molecule has 2 aromatic rings. The fourth-order valence-electron chi connectivity index (χ4n) is 3.67. The first-order valence-corrected chi connectivity index (χ1v) is 12.8. The van der Waals surface area contributed by atoms with Crippen LogP contribution in [-0.4, -0.2) is 79.6 Å². The zero-order chi connectivity index (χ0) is 26.5. The first kappa shape index (κ1) is 27.4. The van der Waals surface area contributed by atoms with Gasteiger partial charge in [-0.05, 0) is 42.0 Å². The Morgan fingerprint density at radius 2 is 1.61 bits per heavy atom. The number of aliphatic carboxylic acids is 1. The molecule has 1 aliphatic rings. The Morgan fingerprint density at radius 3 is 2.11 bits per heavy atom. The Morgan fingerprint density at radius 1 is 1.03 bits per heavy atom. The molecule has 0 spiro atoms. The molecule has 0 radical (unpaired) electrons. The molecule has 0 bridgehead atoms.